The average molecular weight is 303 g/mol. The van der Waals surface area contributed by atoms with E-state index in [1.54, 1.807) is 11.3 Å². The van der Waals surface area contributed by atoms with Crippen molar-refractivity contribution in [3.63, 3.8) is 0 Å². The molecule has 0 saturated carbocycles. The summed E-state index contributed by atoms with van der Waals surface area (Å²) in [5.41, 5.74) is 1.19. The molecule has 2 aromatic rings. The van der Waals surface area contributed by atoms with E-state index < -0.39 is 0 Å². The summed E-state index contributed by atoms with van der Waals surface area (Å²) < 4.78 is 13.9. The molecular formula is C14H16ClFS2. The molecule has 0 N–H and O–H groups in total. The highest BCUT2D eigenvalue weighted by atomic mass is 35.5. The molecule has 0 amide bonds. The molecule has 0 spiro atoms. The Morgan fingerprint density at radius 2 is 1.89 bits per heavy atom. The molecule has 1 unspecified atom stereocenters. The molecule has 0 radical (unpaired) electrons. The van der Waals surface area contributed by atoms with Gasteiger partial charge in [-0.3, -0.25) is 0 Å². The van der Waals surface area contributed by atoms with Gasteiger partial charge in [0, 0.05) is 9.75 Å². The van der Waals surface area contributed by atoms with Crippen LogP contribution in [0.1, 0.15) is 47.9 Å². The average Bonchev–Trinajstić information content (AvgIpc) is 2.86. The van der Waals surface area contributed by atoms with E-state index in [0.29, 0.717) is 11.8 Å². The van der Waals surface area contributed by atoms with Crippen LogP contribution in [0.2, 0.25) is 4.34 Å². The van der Waals surface area contributed by atoms with Gasteiger partial charge >= 0.3 is 0 Å². The summed E-state index contributed by atoms with van der Waals surface area (Å²) in [4.78, 5) is 2.40. The van der Waals surface area contributed by atoms with E-state index in [-0.39, 0.29) is 5.13 Å². The van der Waals surface area contributed by atoms with E-state index >= 15 is 0 Å². The van der Waals surface area contributed by atoms with Crippen molar-refractivity contribution in [2.24, 2.45) is 0 Å². The number of thiophene rings is 2. The van der Waals surface area contributed by atoms with Gasteiger partial charge in [0.15, 0.2) is 5.13 Å². The van der Waals surface area contributed by atoms with Crippen molar-refractivity contribution in [2.75, 3.05) is 0 Å². The normalized spacial score (nSPS) is 13.2. The van der Waals surface area contributed by atoms with E-state index in [0.717, 1.165) is 15.6 Å². The van der Waals surface area contributed by atoms with Gasteiger partial charge in [-0.1, -0.05) is 32.4 Å². The smallest absolute Gasteiger partial charge is 0.176 e. The summed E-state index contributed by atoms with van der Waals surface area (Å²) in [5, 5.41) is -0.115. The minimum Gasteiger partial charge on any atom is -0.195 e. The van der Waals surface area contributed by atoms with Gasteiger partial charge in [0.2, 0.25) is 0 Å². The summed E-state index contributed by atoms with van der Waals surface area (Å²) in [6.45, 7) is 6.46. The standard InChI is InChI=1S/C14H16ClFS2/c1-8(2)12-7-10(14(15)18-12)6-9(3)11-4-5-13(16)17-11/h4-5,7-9H,6H2,1-3H3. The van der Waals surface area contributed by atoms with E-state index in [1.165, 1.54) is 27.8 Å². The first-order valence-electron chi connectivity index (χ1n) is 6.00. The minimum atomic E-state index is -0.115. The van der Waals surface area contributed by atoms with E-state index in [1.807, 2.05) is 6.07 Å². The lowest BCUT2D eigenvalue weighted by Gasteiger charge is -2.07. The molecule has 4 heteroatoms. The van der Waals surface area contributed by atoms with Gasteiger partial charge in [-0.15, -0.1) is 22.7 Å². The van der Waals surface area contributed by atoms with Crippen LogP contribution in [0.4, 0.5) is 4.39 Å². The predicted octanol–water partition coefficient (Wildman–Crippen LogP) is 6.07. The molecule has 0 aliphatic heterocycles. The van der Waals surface area contributed by atoms with Gasteiger partial charge in [0.25, 0.3) is 0 Å². The molecule has 0 saturated heterocycles. The van der Waals surface area contributed by atoms with E-state index in [4.69, 9.17) is 11.6 Å². The van der Waals surface area contributed by atoms with Gasteiger partial charge < -0.3 is 0 Å². The molecule has 2 rings (SSSR count). The Bertz CT molecular complexity index is 528. The van der Waals surface area contributed by atoms with Crippen LogP contribution in [0.3, 0.4) is 0 Å². The summed E-state index contributed by atoms with van der Waals surface area (Å²) in [6, 6.07) is 5.59. The Morgan fingerprint density at radius 1 is 1.17 bits per heavy atom. The molecule has 0 nitrogen and oxygen atoms in total. The third kappa shape index (κ3) is 3.14. The van der Waals surface area contributed by atoms with Crippen molar-refractivity contribution in [1.82, 2.24) is 0 Å². The highest BCUT2D eigenvalue weighted by Crippen LogP contribution is 2.36. The van der Waals surface area contributed by atoms with Gasteiger partial charge in [0.1, 0.15) is 0 Å². The fourth-order valence-electron chi connectivity index (χ4n) is 1.87. The molecule has 0 aliphatic carbocycles. The number of rotatable bonds is 4. The van der Waals surface area contributed by atoms with Crippen LogP contribution in [-0.2, 0) is 6.42 Å². The first-order valence-corrected chi connectivity index (χ1v) is 8.01. The molecule has 0 bridgehead atoms. The van der Waals surface area contributed by atoms with Crippen molar-refractivity contribution in [2.45, 2.75) is 39.0 Å². The molecule has 18 heavy (non-hydrogen) atoms. The van der Waals surface area contributed by atoms with Crippen molar-refractivity contribution < 1.29 is 4.39 Å². The molecule has 1 atom stereocenters. The lowest BCUT2D eigenvalue weighted by Crippen LogP contribution is -1.95. The summed E-state index contributed by atoms with van der Waals surface area (Å²) in [6.07, 6.45) is 0.877. The fraction of sp³-hybridized carbons (Fsp3) is 0.429. The Hall–Kier alpha value is -0.380. The largest absolute Gasteiger partial charge is 0.195 e. The Morgan fingerprint density at radius 3 is 2.39 bits per heavy atom. The van der Waals surface area contributed by atoms with E-state index in [2.05, 4.69) is 26.8 Å². The maximum atomic E-state index is 13.0. The zero-order chi connectivity index (χ0) is 13.3. The monoisotopic (exact) mass is 302 g/mol. The first kappa shape index (κ1) is 14.0. The second kappa shape index (κ2) is 5.72. The zero-order valence-electron chi connectivity index (χ0n) is 10.7. The quantitative estimate of drug-likeness (QED) is 0.643. The molecule has 0 aromatic carbocycles. The highest BCUT2D eigenvalue weighted by Gasteiger charge is 2.15. The van der Waals surface area contributed by atoms with Crippen molar-refractivity contribution in [1.29, 1.82) is 0 Å². The van der Waals surface area contributed by atoms with Gasteiger partial charge in [-0.25, -0.2) is 0 Å². The molecule has 2 heterocycles. The summed E-state index contributed by atoms with van der Waals surface area (Å²) in [5.74, 6) is 0.822. The van der Waals surface area contributed by atoms with Crippen LogP contribution in [0.25, 0.3) is 0 Å². The summed E-state index contributed by atoms with van der Waals surface area (Å²) >= 11 is 9.16. The number of hydrogen-bond acceptors (Lipinski definition) is 2. The van der Waals surface area contributed by atoms with Crippen LogP contribution in [0.15, 0.2) is 18.2 Å². The van der Waals surface area contributed by atoms with Gasteiger partial charge in [-0.2, -0.15) is 4.39 Å². The maximum absolute atomic E-state index is 13.0. The lowest BCUT2D eigenvalue weighted by molar-refractivity contribution is 0.657. The number of hydrogen-bond donors (Lipinski definition) is 0. The predicted molar refractivity (Wildman–Crippen MR) is 79.8 cm³/mol. The minimum absolute atomic E-state index is 0.115. The topological polar surface area (TPSA) is 0 Å². The Kier molecular flexibility index (Phi) is 4.46. The third-order valence-corrected chi connectivity index (χ3v) is 5.80. The molecule has 98 valence electrons. The highest BCUT2D eigenvalue weighted by molar-refractivity contribution is 7.16. The Balaban J connectivity index is 2.14. The van der Waals surface area contributed by atoms with Crippen LogP contribution in [-0.4, -0.2) is 0 Å². The second-order valence-corrected chi connectivity index (χ2v) is 7.60. The van der Waals surface area contributed by atoms with Crippen LogP contribution < -0.4 is 0 Å². The van der Waals surface area contributed by atoms with Crippen molar-refractivity contribution in [3.05, 3.63) is 43.0 Å². The maximum Gasteiger partial charge on any atom is 0.176 e. The Labute approximate surface area is 120 Å². The SMILES string of the molecule is CC(C)c1cc(CC(C)c2ccc(F)s2)c(Cl)s1. The van der Waals surface area contributed by atoms with Crippen LogP contribution in [0, 0.1) is 5.13 Å². The van der Waals surface area contributed by atoms with Gasteiger partial charge in [-0.05, 0) is 42.0 Å². The molecule has 2 aromatic heterocycles. The lowest BCUT2D eigenvalue weighted by atomic mass is 10.0. The van der Waals surface area contributed by atoms with E-state index in [9.17, 15) is 4.39 Å². The summed E-state index contributed by atoms with van der Waals surface area (Å²) in [7, 11) is 0. The zero-order valence-corrected chi connectivity index (χ0v) is 13.1. The molecule has 0 fully saturated rings. The van der Waals surface area contributed by atoms with Crippen LogP contribution >= 0.6 is 34.3 Å². The first-order chi connectivity index (χ1) is 8.47. The van der Waals surface area contributed by atoms with Crippen LogP contribution in [0.5, 0.6) is 0 Å². The second-order valence-electron chi connectivity index (χ2n) is 4.85. The molecule has 0 aliphatic rings. The number of halogens is 2. The third-order valence-electron chi connectivity index (χ3n) is 2.95. The fourth-order valence-corrected chi connectivity index (χ4v) is 3.97. The van der Waals surface area contributed by atoms with Gasteiger partial charge in [0.05, 0.1) is 4.34 Å². The van der Waals surface area contributed by atoms with Crippen molar-refractivity contribution >= 4 is 34.3 Å². The van der Waals surface area contributed by atoms with Crippen molar-refractivity contribution in [3.8, 4) is 0 Å². The molecular weight excluding hydrogens is 287 g/mol.